The zero-order valence-electron chi connectivity index (χ0n) is 15.8. The summed E-state index contributed by atoms with van der Waals surface area (Å²) in [6, 6.07) is 5.76. The molecule has 146 valence electrons. The minimum Gasteiger partial charge on any atom is -0.505 e. The second-order valence-corrected chi connectivity index (χ2v) is 7.33. The number of likely N-dealkylation sites (tertiary alicyclic amines) is 1. The van der Waals surface area contributed by atoms with E-state index >= 15 is 0 Å². The van der Waals surface area contributed by atoms with Crippen molar-refractivity contribution in [2.24, 2.45) is 0 Å². The average molecular weight is 383 g/mol. The summed E-state index contributed by atoms with van der Waals surface area (Å²) < 4.78 is 13.8. The van der Waals surface area contributed by atoms with Crippen molar-refractivity contribution in [2.75, 3.05) is 20.1 Å². The summed E-state index contributed by atoms with van der Waals surface area (Å²) in [5.41, 5.74) is 2.50. The number of nitrogens with zero attached hydrogens (tertiary/aromatic N) is 3. The third kappa shape index (κ3) is 3.43. The molecule has 1 atom stereocenters. The predicted molar refractivity (Wildman–Crippen MR) is 104 cm³/mol. The van der Waals surface area contributed by atoms with Crippen molar-refractivity contribution in [1.82, 2.24) is 25.4 Å². The summed E-state index contributed by atoms with van der Waals surface area (Å²) >= 11 is 0. The molecule has 7 nitrogen and oxygen atoms in total. The first-order valence-corrected chi connectivity index (χ1v) is 9.26. The Morgan fingerprint density at radius 1 is 1.39 bits per heavy atom. The second kappa shape index (κ2) is 7.20. The van der Waals surface area contributed by atoms with E-state index in [2.05, 4.69) is 25.4 Å². The molecule has 0 saturated carbocycles. The fraction of sp³-hybridized carbons (Fsp3) is 0.350. The molecule has 1 aromatic carbocycles. The molecule has 3 aromatic rings. The van der Waals surface area contributed by atoms with Crippen LogP contribution in [0.25, 0.3) is 22.3 Å². The monoisotopic (exact) mass is 383 g/mol. The molecule has 0 spiro atoms. The fourth-order valence-electron chi connectivity index (χ4n) is 3.73. The Kier molecular flexibility index (Phi) is 4.72. The van der Waals surface area contributed by atoms with Gasteiger partial charge in [-0.2, -0.15) is 5.10 Å². The standard InChI is InChI=1S/C20H22FN5O2/c1-11-18-14(20(28)22-13-4-3-7-26(2)10-13)9-16(23-19(18)25-24-11)12-5-6-17(27)15(21)8-12/h5-6,8-9,13,27H,3-4,7,10H2,1-2H3,(H,22,28)(H,23,24,25). The number of fused-ring (bicyclic) bond motifs is 1. The number of phenolic OH excluding ortho intramolecular Hbond substituents is 1. The fourth-order valence-corrected chi connectivity index (χ4v) is 3.73. The molecule has 3 heterocycles. The van der Waals surface area contributed by atoms with Crippen LogP contribution in [0.2, 0.25) is 0 Å². The minimum atomic E-state index is -0.739. The van der Waals surface area contributed by atoms with Gasteiger partial charge in [0.15, 0.2) is 17.2 Å². The normalized spacial score (nSPS) is 17.8. The van der Waals surface area contributed by atoms with Crippen molar-refractivity contribution in [2.45, 2.75) is 25.8 Å². The van der Waals surface area contributed by atoms with Gasteiger partial charge in [0.2, 0.25) is 0 Å². The largest absolute Gasteiger partial charge is 0.505 e. The maximum Gasteiger partial charge on any atom is 0.252 e. The molecular weight excluding hydrogens is 361 g/mol. The van der Waals surface area contributed by atoms with Gasteiger partial charge in [-0.3, -0.25) is 9.89 Å². The summed E-state index contributed by atoms with van der Waals surface area (Å²) in [6.45, 7) is 3.65. The average Bonchev–Trinajstić information content (AvgIpc) is 3.04. The van der Waals surface area contributed by atoms with Gasteiger partial charge in [0.1, 0.15) is 0 Å². The van der Waals surface area contributed by atoms with Crippen molar-refractivity contribution in [3.05, 3.63) is 41.3 Å². The number of pyridine rings is 1. The van der Waals surface area contributed by atoms with E-state index in [-0.39, 0.29) is 11.9 Å². The van der Waals surface area contributed by atoms with E-state index in [1.807, 2.05) is 14.0 Å². The van der Waals surface area contributed by atoms with E-state index in [1.54, 1.807) is 12.1 Å². The first-order chi connectivity index (χ1) is 13.4. The first kappa shape index (κ1) is 18.4. The number of benzene rings is 1. The number of aryl methyl sites for hydroxylation is 1. The number of amides is 1. The van der Waals surface area contributed by atoms with E-state index in [1.165, 1.54) is 12.1 Å². The number of phenols is 1. The number of aromatic amines is 1. The lowest BCUT2D eigenvalue weighted by atomic mass is 10.0. The summed E-state index contributed by atoms with van der Waals surface area (Å²) in [5, 5.41) is 20.2. The number of hydrogen-bond donors (Lipinski definition) is 3. The van der Waals surface area contributed by atoms with Gasteiger partial charge >= 0.3 is 0 Å². The number of aromatic hydroxyl groups is 1. The molecule has 1 aliphatic heterocycles. The number of carbonyl (C=O) groups is 1. The molecule has 1 saturated heterocycles. The number of H-pyrrole nitrogens is 1. The Hall–Kier alpha value is -3.00. The summed E-state index contributed by atoms with van der Waals surface area (Å²) in [4.78, 5) is 19.8. The van der Waals surface area contributed by atoms with E-state index in [0.29, 0.717) is 33.5 Å². The topological polar surface area (TPSA) is 94.1 Å². The molecule has 4 rings (SSSR count). The number of likely N-dealkylation sites (N-methyl/N-ethyl adjacent to an activating group) is 1. The lowest BCUT2D eigenvalue weighted by Gasteiger charge is -2.30. The Bertz CT molecular complexity index is 1050. The molecule has 8 heteroatoms. The SMILES string of the molecule is Cc1n[nH]c2nc(-c3ccc(O)c(F)c3)cc(C(=O)NC3CCCN(C)C3)c12. The maximum atomic E-state index is 13.8. The highest BCUT2D eigenvalue weighted by atomic mass is 19.1. The van der Waals surface area contributed by atoms with Crippen LogP contribution in [0.1, 0.15) is 28.9 Å². The third-order valence-electron chi connectivity index (χ3n) is 5.16. The van der Waals surface area contributed by atoms with Crippen LogP contribution in [0.5, 0.6) is 5.75 Å². The predicted octanol–water partition coefficient (Wildman–Crippen LogP) is 2.60. The molecule has 0 bridgehead atoms. The van der Waals surface area contributed by atoms with E-state index in [0.717, 1.165) is 25.9 Å². The van der Waals surface area contributed by atoms with Crippen LogP contribution in [0.3, 0.4) is 0 Å². The highest BCUT2D eigenvalue weighted by Gasteiger charge is 2.23. The van der Waals surface area contributed by atoms with Gasteiger partial charge in [-0.05, 0) is 57.6 Å². The summed E-state index contributed by atoms with van der Waals surface area (Å²) in [7, 11) is 2.04. The number of rotatable bonds is 3. The van der Waals surface area contributed by atoms with Crippen molar-refractivity contribution in [1.29, 1.82) is 0 Å². The Labute approximate surface area is 161 Å². The van der Waals surface area contributed by atoms with Gasteiger partial charge in [-0.25, -0.2) is 9.37 Å². The van der Waals surface area contributed by atoms with E-state index in [9.17, 15) is 14.3 Å². The van der Waals surface area contributed by atoms with E-state index < -0.39 is 11.6 Å². The Balaban J connectivity index is 1.74. The summed E-state index contributed by atoms with van der Waals surface area (Å²) in [5.74, 6) is -1.37. The second-order valence-electron chi connectivity index (χ2n) is 7.33. The Morgan fingerprint density at radius 2 is 2.21 bits per heavy atom. The highest BCUT2D eigenvalue weighted by molar-refractivity contribution is 6.07. The first-order valence-electron chi connectivity index (χ1n) is 9.26. The van der Waals surface area contributed by atoms with Crippen LogP contribution >= 0.6 is 0 Å². The summed E-state index contributed by atoms with van der Waals surface area (Å²) in [6.07, 6.45) is 1.97. The number of carbonyl (C=O) groups excluding carboxylic acids is 1. The van der Waals surface area contributed by atoms with Crippen molar-refractivity contribution in [3.8, 4) is 17.0 Å². The van der Waals surface area contributed by atoms with Crippen LogP contribution < -0.4 is 5.32 Å². The van der Waals surface area contributed by atoms with Crippen LogP contribution in [0, 0.1) is 12.7 Å². The molecule has 1 fully saturated rings. The number of halogens is 1. The van der Waals surface area contributed by atoms with Crippen molar-refractivity contribution >= 4 is 16.9 Å². The number of hydrogen-bond acceptors (Lipinski definition) is 5. The quantitative estimate of drug-likeness (QED) is 0.646. The van der Waals surface area contributed by atoms with E-state index in [4.69, 9.17) is 0 Å². The Morgan fingerprint density at radius 3 is 2.96 bits per heavy atom. The highest BCUT2D eigenvalue weighted by Crippen LogP contribution is 2.28. The van der Waals surface area contributed by atoms with Crippen LogP contribution in [-0.2, 0) is 0 Å². The molecular formula is C20H22FN5O2. The van der Waals surface area contributed by atoms with Gasteiger partial charge in [-0.1, -0.05) is 0 Å². The van der Waals surface area contributed by atoms with Crippen molar-refractivity contribution in [3.63, 3.8) is 0 Å². The smallest absolute Gasteiger partial charge is 0.252 e. The van der Waals surface area contributed by atoms with Gasteiger partial charge in [0.25, 0.3) is 5.91 Å². The zero-order chi connectivity index (χ0) is 19.8. The molecule has 0 radical (unpaired) electrons. The lowest BCUT2D eigenvalue weighted by molar-refractivity contribution is 0.0914. The third-order valence-corrected chi connectivity index (χ3v) is 5.16. The molecule has 1 amide bonds. The van der Waals surface area contributed by atoms with Crippen LogP contribution in [0.15, 0.2) is 24.3 Å². The lowest BCUT2D eigenvalue weighted by Crippen LogP contribution is -2.46. The van der Waals surface area contributed by atoms with Gasteiger partial charge in [-0.15, -0.1) is 0 Å². The van der Waals surface area contributed by atoms with Gasteiger partial charge in [0, 0.05) is 18.2 Å². The van der Waals surface area contributed by atoms with Crippen LogP contribution in [-0.4, -0.2) is 57.3 Å². The van der Waals surface area contributed by atoms with Gasteiger partial charge < -0.3 is 15.3 Å². The van der Waals surface area contributed by atoms with Crippen molar-refractivity contribution < 1.29 is 14.3 Å². The zero-order valence-corrected chi connectivity index (χ0v) is 15.8. The number of aromatic nitrogens is 3. The van der Waals surface area contributed by atoms with Crippen LogP contribution in [0.4, 0.5) is 4.39 Å². The molecule has 3 N–H and O–H groups in total. The maximum absolute atomic E-state index is 13.8. The molecule has 1 unspecified atom stereocenters. The molecule has 0 aliphatic carbocycles. The number of piperidine rings is 1. The number of nitrogens with one attached hydrogen (secondary N) is 2. The molecule has 2 aromatic heterocycles. The van der Waals surface area contributed by atoms with Gasteiger partial charge in [0.05, 0.1) is 22.3 Å². The minimum absolute atomic E-state index is 0.0799. The molecule has 1 aliphatic rings. The molecule has 28 heavy (non-hydrogen) atoms.